The number of ether oxygens (including phenoxy) is 1. The molecule has 0 spiro atoms. The SMILES string of the molecule is Cc1c2c(c(C)c3cc4ccccc4cc13)-c1c3c(cccc3cc[n+]1C)O2. The van der Waals surface area contributed by atoms with E-state index in [1.165, 1.54) is 54.7 Å². The van der Waals surface area contributed by atoms with Crippen molar-refractivity contribution in [3.8, 4) is 22.8 Å². The van der Waals surface area contributed by atoms with Gasteiger partial charge in [-0.1, -0.05) is 36.4 Å². The Kier molecular flexibility index (Phi) is 2.98. The summed E-state index contributed by atoms with van der Waals surface area (Å²) in [5.41, 5.74) is 4.93. The molecule has 0 N–H and O–H groups in total. The third-order valence-corrected chi connectivity index (χ3v) is 6.21. The summed E-state index contributed by atoms with van der Waals surface area (Å²) < 4.78 is 8.75. The second-order valence-electron chi connectivity index (χ2n) is 7.80. The first-order valence-electron chi connectivity index (χ1n) is 9.69. The molecule has 2 nitrogen and oxygen atoms in total. The van der Waals surface area contributed by atoms with Gasteiger partial charge in [-0.3, -0.25) is 0 Å². The lowest BCUT2D eigenvalue weighted by Crippen LogP contribution is -2.31. The highest BCUT2D eigenvalue weighted by molar-refractivity contribution is 6.09. The van der Waals surface area contributed by atoms with Crippen LogP contribution in [0.4, 0.5) is 0 Å². The molecule has 1 aromatic heterocycles. The molecular weight excluding hydrogens is 342 g/mol. The van der Waals surface area contributed by atoms with Crippen molar-refractivity contribution in [1.82, 2.24) is 0 Å². The van der Waals surface area contributed by atoms with Crippen molar-refractivity contribution in [2.24, 2.45) is 7.05 Å². The monoisotopic (exact) mass is 362 g/mol. The Bertz CT molecular complexity index is 1460. The van der Waals surface area contributed by atoms with E-state index in [4.69, 9.17) is 4.74 Å². The Hall–Kier alpha value is -3.39. The molecule has 1 aliphatic heterocycles. The molecule has 2 heteroatoms. The van der Waals surface area contributed by atoms with Crippen LogP contribution in [-0.4, -0.2) is 0 Å². The maximum absolute atomic E-state index is 6.52. The fraction of sp³-hybridized carbons (Fsp3) is 0.115. The largest absolute Gasteiger partial charge is 0.455 e. The number of fused-ring (bicyclic) bond motifs is 4. The van der Waals surface area contributed by atoms with Crippen LogP contribution < -0.4 is 9.30 Å². The van der Waals surface area contributed by atoms with E-state index in [0.717, 1.165) is 11.5 Å². The van der Waals surface area contributed by atoms with Crippen LogP contribution in [0.25, 0.3) is 43.6 Å². The number of hydrogen-bond donors (Lipinski definition) is 0. The summed E-state index contributed by atoms with van der Waals surface area (Å²) in [7, 11) is 2.13. The van der Waals surface area contributed by atoms with Gasteiger partial charge in [0.15, 0.2) is 6.20 Å². The first kappa shape index (κ1) is 15.6. The van der Waals surface area contributed by atoms with Crippen LogP contribution in [0.2, 0.25) is 0 Å². The van der Waals surface area contributed by atoms with Crippen LogP contribution in [-0.2, 0) is 7.05 Å². The zero-order valence-corrected chi connectivity index (χ0v) is 16.2. The van der Waals surface area contributed by atoms with Crippen LogP contribution in [0.5, 0.6) is 11.5 Å². The Morgan fingerprint density at radius 1 is 0.750 bits per heavy atom. The summed E-state index contributed by atoms with van der Waals surface area (Å²) in [5.74, 6) is 1.93. The van der Waals surface area contributed by atoms with E-state index < -0.39 is 0 Å². The highest BCUT2D eigenvalue weighted by atomic mass is 16.5. The second kappa shape index (κ2) is 5.32. The van der Waals surface area contributed by atoms with Gasteiger partial charge in [0.25, 0.3) is 0 Å². The number of aryl methyl sites for hydroxylation is 3. The number of pyridine rings is 1. The van der Waals surface area contributed by atoms with Gasteiger partial charge in [0.05, 0.1) is 10.9 Å². The predicted molar refractivity (Wildman–Crippen MR) is 115 cm³/mol. The molecule has 0 fully saturated rings. The second-order valence-corrected chi connectivity index (χ2v) is 7.80. The van der Waals surface area contributed by atoms with E-state index in [-0.39, 0.29) is 0 Å². The Morgan fingerprint density at radius 3 is 2.18 bits per heavy atom. The zero-order valence-electron chi connectivity index (χ0n) is 16.2. The highest BCUT2D eigenvalue weighted by Crippen LogP contribution is 2.50. The van der Waals surface area contributed by atoms with E-state index >= 15 is 0 Å². The van der Waals surface area contributed by atoms with Gasteiger partial charge in [-0.25, -0.2) is 4.57 Å². The summed E-state index contributed by atoms with van der Waals surface area (Å²) in [6, 6.07) is 21.7. The zero-order chi connectivity index (χ0) is 19.0. The fourth-order valence-electron chi connectivity index (χ4n) is 4.77. The lowest BCUT2D eigenvalue weighted by atomic mass is 9.88. The van der Waals surface area contributed by atoms with E-state index in [1.54, 1.807) is 0 Å². The average Bonchev–Trinajstić information content (AvgIpc) is 2.73. The molecule has 0 bridgehead atoms. The molecule has 1 aliphatic rings. The number of aromatic nitrogens is 1. The molecule has 0 atom stereocenters. The van der Waals surface area contributed by atoms with Crippen LogP contribution in [0.3, 0.4) is 0 Å². The molecule has 0 amide bonds. The minimum absolute atomic E-state index is 0.943. The van der Waals surface area contributed by atoms with Crippen molar-refractivity contribution < 1.29 is 9.30 Å². The first-order chi connectivity index (χ1) is 13.6. The normalized spacial score (nSPS) is 12.4. The molecule has 0 saturated heterocycles. The quantitative estimate of drug-likeness (QED) is 0.226. The molecule has 0 saturated carbocycles. The minimum Gasteiger partial charge on any atom is -0.455 e. The summed E-state index contributed by atoms with van der Waals surface area (Å²) in [4.78, 5) is 0. The molecule has 5 aromatic rings. The summed E-state index contributed by atoms with van der Waals surface area (Å²) in [6.07, 6.45) is 2.15. The van der Waals surface area contributed by atoms with Gasteiger partial charge >= 0.3 is 0 Å². The Balaban J connectivity index is 1.84. The van der Waals surface area contributed by atoms with Gasteiger partial charge < -0.3 is 4.74 Å². The standard InChI is InChI=1S/C26H20NO/c1-15-20-13-18-7-4-5-8-19(18)14-21(20)16(2)26-23(15)25-24-17(11-12-27(25)3)9-6-10-22(24)28-26/h4-14H,1-3H3/q+1. The summed E-state index contributed by atoms with van der Waals surface area (Å²) >= 11 is 0. The molecule has 134 valence electrons. The van der Waals surface area contributed by atoms with Gasteiger partial charge in [0.2, 0.25) is 5.69 Å². The molecule has 2 heterocycles. The first-order valence-corrected chi connectivity index (χ1v) is 9.69. The lowest BCUT2D eigenvalue weighted by molar-refractivity contribution is -0.659. The van der Waals surface area contributed by atoms with Crippen molar-refractivity contribution in [2.45, 2.75) is 13.8 Å². The molecule has 0 unspecified atom stereocenters. The van der Waals surface area contributed by atoms with Crippen LogP contribution >= 0.6 is 0 Å². The maximum atomic E-state index is 6.52. The van der Waals surface area contributed by atoms with Gasteiger partial charge in [0, 0.05) is 11.6 Å². The Morgan fingerprint density at radius 2 is 1.43 bits per heavy atom. The number of nitrogens with zero attached hydrogens (tertiary/aromatic N) is 1. The van der Waals surface area contributed by atoms with E-state index in [0.29, 0.717) is 0 Å². The van der Waals surface area contributed by atoms with E-state index in [1.807, 2.05) is 0 Å². The topological polar surface area (TPSA) is 13.1 Å². The van der Waals surface area contributed by atoms with E-state index in [2.05, 4.69) is 92.3 Å². The number of hydrogen-bond acceptors (Lipinski definition) is 1. The van der Waals surface area contributed by atoms with Crippen molar-refractivity contribution in [1.29, 1.82) is 0 Å². The van der Waals surface area contributed by atoms with Gasteiger partial charge in [0.1, 0.15) is 18.5 Å². The van der Waals surface area contributed by atoms with Crippen molar-refractivity contribution in [3.05, 3.63) is 78.0 Å². The minimum atomic E-state index is 0.943. The fourth-order valence-corrected chi connectivity index (χ4v) is 4.77. The molecule has 0 aliphatic carbocycles. The molecule has 6 rings (SSSR count). The van der Waals surface area contributed by atoms with E-state index in [9.17, 15) is 0 Å². The maximum Gasteiger partial charge on any atom is 0.228 e. The van der Waals surface area contributed by atoms with Crippen LogP contribution in [0, 0.1) is 13.8 Å². The van der Waals surface area contributed by atoms with Gasteiger partial charge in [-0.05, 0) is 64.5 Å². The number of benzene rings is 4. The lowest BCUT2D eigenvalue weighted by Gasteiger charge is -2.24. The third kappa shape index (κ3) is 1.90. The molecule has 0 radical (unpaired) electrons. The smallest absolute Gasteiger partial charge is 0.228 e. The van der Waals surface area contributed by atoms with Gasteiger partial charge in [-0.2, -0.15) is 0 Å². The molecule has 28 heavy (non-hydrogen) atoms. The number of rotatable bonds is 0. The van der Waals surface area contributed by atoms with Crippen LogP contribution in [0.1, 0.15) is 11.1 Å². The average molecular weight is 362 g/mol. The van der Waals surface area contributed by atoms with Crippen molar-refractivity contribution in [2.75, 3.05) is 0 Å². The summed E-state index contributed by atoms with van der Waals surface area (Å²) in [5, 5.41) is 7.52. The van der Waals surface area contributed by atoms with Crippen LogP contribution in [0.15, 0.2) is 66.9 Å². The molecular formula is C26H20NO+. The predicted octanol–water partition coefficient (Wildman–Crippen LogP) is 6.36. The van der Waals surface area contributed by atoms with Crippen molar-refractivity contribution >= 4 is 32.3 Å². The molecule has 4 aromatic carbocycles. The van der Waals surface area contributed by atoms with Crippen molar-refractivity contribution in [3.63, 3.8) is 0 Å². The third-order valence-electron chi connectivity index (χ3n) is 6.21. The summed E-state index contributed by atoms with van der Waals surface area (Å²) in [6.45, 7) is 4.41. The highest BCUT2D eigenvalue weighted by Gasteiger charge is 2.31. The van der Waals surface area contributed by atoms with Gasteiger partial charge in [-0.15, -0.1) is 0 Å². The Labute approximate surface area is 163 Å².